The molecule has 2 aromatic carbocycles. The first kappa shape index (κ1) is 37.1. The number of nitrogens with one attached hydrogen (secondary N) is 2. The van der Waals surface area contributed by atoms with E-state index in [4.69, 9.17) is 26.1 Å². The molecular formula is C35H43N9O6. The van der Waals surface area contributed by atoms with Crippen molar-refractivity contribution < 1.29 is 29.0 Å². The first-order valence-electron chi connectivity index (χ1n) is 16.2. The fourth-order valence-corrected chi connectivity index (χ4v) is 5.71. The third-order valence-corrected chi connectivity index (χ3v) is 8.13. The van der Waals surface area contributed by atoms with Gasteiger partial charge in [0.25, 0.3) is 12.4 Å². The topological polar surface area (TPSA) is 232 Å². The summed E-state index contributed by atoms with van der Waals surface area (Å²) in [5, 5.41) is 23.6. The number of carboxylic acid groups (broad SMARTS) is 1. The minimum Gasteiger partial charge on any atom is -0.483 e. The summed E-state index contributed by atoms with van der Waals surface area (Å²) in [7, 11) is 0. The second-order valence-electron chi connectivity index (χ2n) is 13.0. The van der Waals surface area contributed by atoms with Crippen LogP contribution in [0.25, 0.3) is 22.5 Å². The monoisotopic (exact) mass is 685 g/mol. The highest BCUT2D eigenvalue weighted by molar-refractivity contribution is 6.17. The minimum atomic E-state index is -0.966. The van der Waals surface area contributed by atoms with Crippen LogP contribution in [0.2, 0.25) is 0 Å². The van der Waals surface area contributed by atoms with Gasteiger partial charge < -0.3 is 26.6 Å². The number of benzene rings is 2. The van der Waals surface area contributed by atoms with Crippen LogP contribution in [0.4, 0.5) is 16.2 Å². The van der Waals surface area contributed by atoms with E-state index in [-0.39, 0.29) is 30.6 Å². The molecule has 1 atom stereocenters. The van der Waals surface area contributed by atoms with Gasteiger partial charge in [0, 0.05) is 36.0 Å². The molecule has 1 aliphatic rings. The molecule has 5 rings (SSSR count). The number of ether oxygens (including phenoxy) is 1. The Morgan fingerprint density at radius 3 is 2.24 bits per heavy atom. The Balaban J connectivity index is 0.00000181. The van der Waals surface area contributed by atoms with Crippen molar-refractivity contribution in [1.29, 1.82) is 0 Å². The SMILES string of the molecule is CC(C)(C)OC(=O)NC[C@H]1CC[C@H](C(=O)N(C(=O)[C@@H](N)Cc2ccc(-c3cncc(N)c3)cc2)c2ccc(-c3nnn[nH]3)cc2)CC1.O=CO. The molecule has 2 heterocycles. The van der Waals surface area contributed by atoms with Crippen LogP contribution in [0, 0.1) is 11.8 Å². The predicted molar refractivity (Wildman–Crippen MR) is 186 cm³/mol. The number of amides is 3. The number of nitrogens with zero attached hydrogens (tertiary/aromatic N) is 5. The van der Waals surface area contributed by atoms with Gasteiger partial charge in [-0.3, -0.25) is 19.4 Å². The summed E-state index contributed by atoms with van der Waals surface area (Å²) in [4.78, 5) is 53.9. The first-order chi connectivity index (χ1) is 23.9. The van der Waals surface area contributed by atoms with Crippen molar-refractivity contribution in [2.24, 2.45) is 17.6 Å². The van der Waals surface area contributed by atoms with Crippen LogP contribution < -0.4 is 21.7 Å². The molecule has 264 valence electrons. The zero-order valence-electron chi connectivity index (χ0n) is 28.3. The highest BCUT2D eigenvalue weighted by atomic mass is 16.6. The van der Waals surface area contributed by atoms with Gasteiger partial charge >= 0.3 is 6.09 Å². The minimum absolute atomic E-state index is 0.207. The van der Waals surface area contributed by atoms with Gasteiger partial charge in [0.2, 0.25) is 5.91 Å². The zero-order valence-corrected chi connectivity index (χ0v) is 28.3. The number of aromatic amines is 1. The van der Waals surface area contributed by atoms with Crippen LogP contribution in [-0.2, 0) is 25.5 Å². The largest absolute Gasteiger partial charge is 0.483 e. The van der Waals surface area contributed by atoms with Gasteiger partial charge in [0.05, 0.1) is 17.4 Å². The molecule has 0 bridgehead atoms. The Kier molecular flexibility index (Phi) is 12.7. The van der Waals surface area contributed by atoms with Crippen LogP contribution in [0.5, 0.6) is 0 Å². The number of imide groups is 1. The fourth-order valence-electron chi connectivity index (χ4n) is 5.71. The number of hydrogen-bond donors (Lipinski definition) is 5. The number of pyridine rings is 1. The fraction of sp³-hybridized carbons (Fsp3) is 0.371. The Morgan fingerprint density at radius 1 is 1.02 bits per heavy atom. The van der Waals surface area contributed by atoms with E-state index in [9.17, 15) is 14.4 Å². The number of H-pyrrole nitrogens is 1. The van der Waals surface area contributed by atoms with Crippen molar-refractivity contribution in [3.63, 3.8) is 0 Å². The standard InChI is InChI=1S/C34H41N9O4.CH2O2/c1-34(2,3)47-33(46)38-18-22-6-10-25(11-7-22)31(44)43(28-14-12-24(13-15-28)30-39-41-42-40-30)32(45)29(36)16-21-4-8-23(9-5-21)26-17-27(35)20-37-19-26;2-1-3/h4-5,8-9,12-15,17,19-20,22,25,29H,6-7,10-11,16,18,35-36H2,1-3H3,(H,38,46)(H,39,40,41,42);1H,(H,2,3)/t22-,25-,29-;/m0./s1. The summed E-state index contributed by atoms with van der Waals surface area (Å²) in [5.41, 5.74) is 16.2. The van der Waals surface area contributed by atoms with Crippen LogP contribution in [0.1, 0.15) is 52.0 Å². The van der Waals surface area contributed by atoms with Crippen LogP contribution in [0.15, 0.2) is 67.0 Å². The lowest BCUT2D eigenvalue weighted by Crippen LogP contribution is -2.50. The molecule has 1 aliphatic carbocycles. The second kappa shape index (κ2) is 17.1. The van der Waals surface area contributed by atoms with Crippen LogP contribution in [0.3, 0.4) is 0 Å². The van der Waals surface area contributed by atoms with Crippen molar-refractivity contribution >= 4 is 35.8 Å². The van der Waals surface area contributed by atoms with Gasteiger partial charge in [0.15, 0.2) is 5.82 Å². The number of nitrogens with two attached hydrogens (primary N) is 2. The van der Waals surface area contributed by atoms with Gasteiger partial charge in [-0.15, -0.1) is 5.10 Å². The van der Waals surface area contributed by atoms with Crippen molar-refractivity contribution in [2.75, 3.05) is 17.2 Å². The lowest BCUT2D eigenvalue weighted by Gasteiger charge is -2.32. The highest BCUT2D eigenvalue weighted by Gasteiger charge is 2.35. The number of hydrogen-bond acceptors (Lipinski definition) is 11. The van der Waals surface area contributed by atoms with Crippen molar-refractivity contribution in [3.8, 4) is 22.5 Å². The number of aromatic nitrogens is 5. The number of nitrogen functional groups attached to an aromatic ring is 1. The molecule has 0 saturated heterocycles. The average molecular weight is 686 g/mol. The van der Waals surface area contributed by atoms with E-state index in [1.54, 1.807) is 36.7 Å². The molecule has 0 radical (unpaired) electrons. The maximum absolute atomic E-state index is 14.1. The molecule has 15 nitrogen and oxygen atoms in total. The van der Waals surface area contributed by atoms with E-state index < -0.39 is 23.6 Å². The number of carbonyl (C=O) groups excluding carboxylic acids is 3. The predicted octanol–water partition coefficient (Wildman–Crippen LogP) is 3.97. The maximum atomic E-state index is 14.1. The summed E-state index contributed by atoms with van der Waals surface area (Å²) in [6.07, 6.45) is 5.73. The molecule has 2 aromatic heterocycles. The molecule has 7 N–H and O–H groups in total. The third kappa shape index (κ3) is 10.4. The molecular weight excluding hydrogens is 642 g/mol. The number of rotatable bonds is 9. The molecule has 0 spiro atoms. The summed E-state index contributed by atoms with van der Waals surface area (Å²) < 4.78 is 5.34. The van der Waals surface area contributed by atoms with E-state index in [1.807, 2.05) is 51.1 Å². The normalized spacial score (nSPS) is 16.2. The van der Waals surface area contributed by atoms with Gasteiger partial charge in [-0.25, -0.2) is 14.8 Å². The maximum Gasteiger partial charge on any atom is 0.407 e. The summed E-state index contributed by atoms with van der Waals surface area (Å²) in [5.74, 6) is -0.468. The first-order valence-corrected chi connectivity index (χ1v) is 16.2. The Hall–Kier alpha value is -5.70. The van der Waals surface area contributed by atoms with E-state index in [0.717, 1.165) is 29.5 Å². The Labute approximate surface area is 289 Å². The second-order valence-corrected chi connectivity index (χ2v) is 13.0. The Morgan fingerprint density at radius 2 is 1.66 bits per heavy atom. The number of carbonyl (C=O) groups is 4. The average Bonchev–Trinajstić information content (AvgIpc) is 3.63. The summed E-state index contributed by atoms with van der Waals surface area (Å²) in [6, 6.07) is 15.4. The van der Waals surface area contributed by atoms with E-state index >= 15 is 0 Å². The molecule has 0 unspecified atom stereocenters. The zero-order chi connectivity index (χ0) is 36.3. The van der Waals surface area contributed by atoms with Gasteiger partial charge in [0.1, 0.15) is 5.60 Å². The van der Waals surface area contributed by atoms with Gasteiger partial charge in [-0.1, -0.05) is 24.3 Å². The molecule has 50 heavy (non-hydrogen) atoms. The molecule has 1 fully saturated rings. The Bertz CT molecular complexity index is 1720. The molecule has 3 amide bonds. The molecule has 0 aliphatic heterocycles. The lowest BCUT2D eigenvalue weighted by molar-refractivity contribution is -0.130. The van der Waals surface area contributed by atoms with E-state index in [0.29, 0.717) is 42.1 Å². The van der Waals surface area contributed by atoms with Gasteiger partial charge in [-0.05, 0) is 111 Å². The van der Waals surface area contributed by atoms with E-state index in [1.165, 1.54) is 4.90 Å². The molecule has 1 saturated carbocycles. The third-order valence-electron chi connectivity index (χ3n) is 8.13. The summed E-state index contributed by atoms with van der Waals surface area (Å²) >= 11 is 0. The number of alkyl carbamates (subject to hydrolysis) is 1. The molecule has 15 heteroatoms. The van der Waals surface area contributed by atoms with Crippen LogP contribution >= 0.6 is 0 Å². The number of anilines is 2. The molecule has 4 aromatic rings. The lowest BCUT2D eigenvalue weighted by atomic mass is 9.81. The van der Waals surface area contributed by atoms with Crippen molar-refractivity contribution in [3.05, 3.63) is 72.6 Å². The van der Waals surface area contributed by atoms with Gasteiger partial charge in [-0.2, -0.15) is 0 Å². The van der Waals surface area contributed by atoms with Crippen molar-refractivity contribution in [2.45, 2.75) is 64.5 Å². The number of tetrazole rings is 1. The van der Waals surface area contributed by atoms with Crippen LogP contribution in [-0.4, -0.2) is 73.3 Å². The van der Waals surface area contributed by atoms with Crippen molar-refractivity contribution in [1.82, 2.24) is 30.9 Å². The highest BCUT2D eigenvalue weighted by Crippen LogP contribution is 2.32. The van der Waals surface area contributed by atoms with E-state index in [2.05, 4.69) is 30.9 Å². The smallest absolute Gasteiger partial charge is 0.407 e. The summed E-state index contributed by atoms with van der Waals surface area (Å²) in [6.45, 7) is 5.67. The quantitative estimate of drug-likeness (QED) is 0.158.